The highest BCUT2D eigenvalue weighted by Crippen LogP contribution is 2.30. The molecule has 0 aliphatic carbocycles. The molecule has 0 radical (unpaired) electrons. The maximum Gasteiger partial charge on any atom is 0.227 e. The Morgan fingerprint density at radius 2 is 1.85 bits per heavy atom. The number of aryl methyl sites for hydroxylation is 1. The number of nitrogens with zero attached hydrogens (tertiary/aromatic N) is 1. The van der Waals surface area contributed by atoms with Gasteiger partial charge in [-0.15, -0.1) is 0 Å². The first-order valence-electron chi connectivity index (χ1n) is 6.47. The Bertz CT molecular complexity index is 654. The van der Waals surface area contributed by atoms with Crippen LogP contribution in [0.15, 0.2) is 46.9 Å². The van der Waals surface area contributed by atoms with Gasteiger partial charge in [0.2, 0.25) is 5.91 Å². The first-order chi connectivity index (χ1) is 9.63. The average Bonchev–Trinajstić information content (AvgIpc) is 2.44. The van der Waals surface area contributed by atoms with Crippen LogP contribution in [0.1, 0.15) is 17.5 Å². The third kappa shape index (κ3) is 2.61. The Morgan fingerprint density at radius 1 is 1.10 bits per heavy atom. The summed E-state index contributed by atoms with van der Waals surface area (Å²) in [6, 6.07) is 12.5. The smallest absolute Gasteiger partial charge is 0.227 e. The van der Waals surface area contributed by atoms with Gasteiger partial charge in [-0.3, -0.25) is 4.79 Å². The molecular formula is C16H13BrFNO. The van der Waals surface area contributed by atoms with Gasteiger partial charge in [0.05, 0.1) is 12.2 Å². The van der Waals surface area contributed by atoms with Crippen LogP contribution in [-0.2, 0) is 17.8 Å². The van der Waals surface area contributed by atoms with Gasteiger partial charge in [0, 0.05) is 10.9 Å². The summed E-state index contributed by atoms with van der Waals surface area (Å²) in [4.78, 5) is 13.8. The summed E-state index contributed by atoms with van der Waals surface area (Å²) in [7, 11) is 0. The van der Waals surface area contributed by atoms with E-state index >= 15 is 0 Å². The van der Waals surface area contributed by atoms with Gasteiger partial charge in [0.25, 0.3) is 0 Å². The van der Waals surface area contributed by atoms with E-state index in [0.717, 1.165) is 15.6 Å². The molecule has 1 aliphatic rings. The van der Waals surface area contributed by atoms with Crippen LogP contribution in [0.25, 0.3) is 0 Å². The molecule has 0 saturated heterocycles. The number of hydrogen-bond acceptors (Lipinski definition) is 1. The fraction of sp³-hybridized carbons (Fsp3) is 0.188. The minimum absolute atomic E-state index is 0.0472. The van der Waals surface area contributed by atoms with Crippen molar-refractivity contribution < 1.29 is 9.18 Å². The van der Waals surface area contributed by atoms with Gasteiger partial charge in [-0.2, -0.15) is 0 Å². The van der Waals surface area contributed by atoms with Crippen molar-refractivity contribution in [2.24, 2.45) is 0 Å². The monoisotopic (exact) mass is 333 g/mol. The van der Waals surface area contributed by atoms with E-state index in [2.05, 4.69) is 15.9 Å². The van der Waals surface area contributed by atoms with E-state index in [0.29, 0.717) is 25.1 Å². The Morgan fingerprint density at radius 3 is 2.60 bits per heavy atom. The van der Waals surface area contributed by atoms with E-state index in [9.17, 15) is 9.18 Å². The van der Waals surface area contributed by atoms with E-state index in [4.69, 9.17) is 0 Å². The minimum Gasteiger partial charge on any atom is -0.308 e. The molecule has 3 rings (SSSR count). The highest BCUT2D eigenvalue weighted by molar-refractivity contribution is 9.10. The lowest BCUT2D eigenvalue weighted by atomic mass is 10.0. The molecule has 4 heteroatoms. The first-order valence-corrected chi connectivity index (χ1v) is 7.26. The van der Waals surface area contributed by atoms with Crippen molar-refractivity contribution in [2.45, 2.75) is 19.4 Å². The summed E-state index contributed by atoms with van der Waals surface area (Å²) < 4.78 is 14.4. The molecule has 2 aromatic rings. The average molecular weight is 334 g/mol. The zero-order chi connectivity index (χ0) is 14.1. The molecule has 0 fully saturated rings. The summed E-state index contributed by atoms with van der Waals surface area (Å²) in [5, 5.41) is 0. The molecular weight excluding hydrogens is 321 g/mol. The summed E-state index contributed by atoms with van der Waals surface area (Å²) in [6.45, 7) is 0.475. The highest BCUT2D eigenvalue weighted by Gasteiger charge is 2.24. The lowest BCUT2D eigenvalue weighted by Gasteiger charge is -2.29. The lowest BCUT2D eigenvalue weighted by Crippen LogP contribution is -2.34. The number of halogens is 2. The molecule has 0 saturated carbocycles. The molecule has 20 heavy (non-hydrogen) atoms. The molecule has 2 nitrogen and oxygen atoms in total. The van der Waals surface area contributed by atoms with Crippen molar-refractivity contribution in [3.8, 4) is 0 Å². The zero-order valence-corrected chi connectivity index (χ0v) is 12.4. The minimum atomic E-state index is -0.306. The zero-order valence-electron chi connectivity index (χ0n) is 10.8. The molecule has 0 spiro atoms. The number of carbonyl (C=O) groups excluding carboxylic acids is 1. The van der Waals surface area contributed by atoms with Gasteiger partial charge in [0.1, 0.15) is 5.82 Å². The van der Waals surface area contributed by atoms with Gasteiger partial charge < -0.3 is 4.90 Å². The number of fused-ring (bicyclic) bond motifs is 1. The maximum atomic E-state index is 13.4. The molecule has 1 amide bonds. The quantitative estimate of drug-likeness (QED) is 0.811. The van der Waals surface area contributed by atoms with E-state index in [1.54, 1.807) is 11.0 Å². The molecule has 0 unspecified atom stereocenters. The van der Waals surface area contributed by atoms with Gasteiger partial charge in [0.15, 0.2) is 0 Å². The van der Waals surface area contributed by atoms with Crippen LogP contribution in [0.5, 0.6) is 0 Å². The molecule has 0 aromatic heterocycles. The second kappa shape index (κ2) is 5.37. The van der Waals surface area contributed by atoms with E-state index in [-0.39, 0.29) is 11.7 Å². The number of anilines is 1. The second-order valence-electron chi connectivity index (χ2n) is 4.88. The van der Waals surface area contributed by atoms with Crippen molar-refractivity contribution in [2.75, 3.05) is 4.90 Å². The summed E-state index contributed by atoms with van der Waals surface area (Å²) >= 11 is 3.39. The van der Waals surface area contributed by atoms with Gasteiger partial charge in [-0.25, -0.2) is 4.39 Å². The summed E-state index contributed by atoms with van der Waals surface area (Å²) in [6.07, 6.45) is 1.17. The largest absolute Gasteiger partial charge is 0.308 e. The SMILES string of the molecule is O=C1CCc2ccc(F)cc2N1Cc1ccc(Br)cc1. The van der Waals surface area contributed by atoms with Crippen molar-refractivity contribution in [1.29, 1.82) is 0 Å². The van der Waals surface area contributed by atoms with Gasteiger partial charge in [-0.1, -0.05) is 34.1 Å². The van der Waals surface area contributed by atoms with Gasteiger partial charge in [-0.05, 0) is 41.8 Å². The number of carbonyl (C=O) groups is 1. The van der Waals surface area contributed by atoms with Crippen molar-refractivity contribution >= 4 is 27.5 Å². The van der Waals surface area contributed by atoms with Crippen LogP contribution >= 0.6 is 15.9 Å². The number of rotatable bonds is 2. The van der Waals surface area contributed by atoms with Crippen LogP contribution in [-0.4, -0.2) is 5.91 Å². The Kier molecular flexibility index (Phi) is 3.57. The molecule has 0 bridgehead atoms. The Balaban J connectivity index is 1.94. The van der Waals surface area contributed by atoms with Crippen molar-refractivity contribution in [3.63, 3.8) is 0 Å². The van der Waals surface area contributed by atoms with Crippen molar-refractivity contribution in [1.82, 2.24) is 0 Å². The fourth-order valence-electron chi connectivity index (χ4n) is 2.46. The van der Waals surface area contributed by atoms with E-state index in [1.165, 1.54) is 12.1 Å². The lowest BCUT2D eigenvalue weighted by molar-refractivity contribution is -0.119. The van der Waals surface area contributed by atoms with Crippen LogP contribution in [0.2, 0.25) is 0 Å². The Hall–Kier alpha value is -1.68. The molecule has 102 valence electrons. The molecule has 2 aromatic carbocycles. The predicted molar refractivity (Wildman–Crippen MR) is 80.1 cm³/mol. The van der Waals surface area contributed by atoms with Crippen LogP contribution in [0.3, 0.4) is 0 Å². The normalized spacial score (nSPS) is 14.3. The van der Waals surface area contributed by atoms with Crippen LogP contribution < -0.4 is 4.90 Å². The molecule has 1 heterocycles. The van der Waals surface area contributed by atoms with Gasteiger partial charge >= 0.3 is 0 Å². The molecule has 0 N–H and O–H groups in total. The van der Waals surface area contributed by atoms with E-state index in [1.807, 2.05) is 24.3 Å². The van der Waals surface area contributed by atoms with E-state index < -0.39 is 0 Å². The maximum absolute atomic E-state index is 13.4. The van der Waals surface area contributed by atoms with Crippen molar-refractivity contribution in [3.05, 3.63) is 63.9 Å². The third-order valence-corrected chi connectivity index (χ3v) is 4.03. The standard InChI is InChI=1S/C16H13BrFNO/c17-13-5-1-11(2-6-13)10-19-15-9-14(18)7-3-12(15)4-8-16(19)20/h1-3,5-7,9H,4,8,10H2. The molecule has 1 aliphatic heterocycles. The van der Waals surface area contributed by atoms with Crippen LogP contribution in [0.4, 0.5) is 10.1 Å². The summed E-state index contributed by atoms with van der Waals surface area (Å²) in [5.41, 5.74) is 2.76. The number of amides is 1. The predicted octanol–water partition coefficient (Wildman–Crippen LogP) is 4.07. The fourth-order valence-corrected chi connectivity index (χ4v) is 2.72. The number of hydrogen-bond donors (Lipinski definition) is 0. The summed E-state index contributed by atoms with van der Waals surface area (Å²) in [5.74, 6) is -0.259. The topological polar surface area (TPSA) is 20.3 Å². The second-order valence-corrected chi connectivity index (χ2v) is 5.80. The number of benzene rings is 2. The first kappa shape index (κ1) is 13.3. The highest BCUT2D eigenvalue weighted by atomic mass is 79.9. The Labute approximate surface area is 125 Å². The molecule has 0 atom stereocenters. The van der Waals surface area contributed by atoms with Crippen LogP contribution in [0, 0.1) is 5.82 Å². The third-order valence-electron chi connectivity index (χ3n) is 3.50.